The zero-order valence-electron chi connectivity index (χ0n) is 20.1. The smallest absolute Gasteiger partial charge is 0.266 e. The van der Waals surface area contributed by atoms with Crippen LogP contribution >= 0.6 is 11.8 Å². The van der Waals surface area contributed by atoms with Crippen molar-refractivity contribution in [3.05, 3.63) is 119 Å². The van der Waals surface area contributed by atoms with Crippen molar-refractivity contribution in [3.8, 4) is 17.2 Å². The third kappa shape index (κ3) is 5.42. The van der Waals surface area contributed by atoms with Crippen LogP contribution in [0.3, 0.4) is 0 Å². The fourth-order valence-corrected chi connectivity index (χ4v) is 4.67. The van der Waals surface area contributed by atoms with E-state index < -0.39 is 22.4 Å². The summed E-state index contributed by atoms with van der Waals surface area (Å²) in [6, 6.07) is 25.8. The Kier molecular flexibility index (Phi) is 7.19. The van der Waals surface area contributed by atoms with Gasteiger partial charge >= 0.3 is 0 Å². The number of nitrogens with one attached hydrogen (secondary N) is 1. The molecule has 0 saturated heterocycles. The van der Waals surface area contributed by atoms with E-state index in [0.717, 1.165) is 22.4 Å². The maximum Gasteiger partial charge on any atom is 0.266 e. The molecule has 5 rings (SSSR count). The van der Waals surface area contributed by atoms with Crippen LogP contribution in [0.15, 0.2) is 107 Å². The van der Waals surface area contributed by atoms with Gasteiger partial charge in [-0.3, -0.25) is 14.2 Å². The monoisotopic (exact) mass is 529 g/mol. The Hall–Kier alpha value is -4.50. The summed E-state index contributed by atoms with van der Waals surface area (Å²) in [7, 11) is 0. The van der Waals surface area contributed by atoms with E-state index in [1.165, 1.54) is 6.07 Å². The Labute approximate surface area is 220 Å². The lowest BCUT2D eigenvalue weighted by Gasteiger charge is -2.17. The average molecular weight is 530 g/mol. The molecule has 0 aliphatic carbocycles. The molecule has 1 heterocycles. The van der Waals surface area contributed by atoms with Gasteiger partial charge in [-0.15, -0.1) is 0 Å². The third-order valence-corrected chi connectivity index (χ3v) is 6.70. The maximum atomic E-state index is 14.7. The van der Waals surface area contributed by atoms with Crippen LogP contribution in [0.25, 0.3) is 16.6 Å². The normalized spacial score (nSPS) is 11.8. The number of ether oxygens (including phenoxy) is 1. The predicted octanol–water partition coefficient (Wildman–Crippen LogP) is 6.58. The quantitative estimate of drug-likeness (QED) is 0.191. The summed E-state index contributed by atoms with van der Waals surface area (Å²) < 4.78 is 35.1. The first-order valence-electron chi connectivity index (χ1n) is 11.7. The van der Waals surface area contributed by atoms with Crippen molar-refractivity contribution >= 4 is 34.3 Å². The SMILES string of the molecule is C[C@@H](Sc1nc2ccccc2c(=O)n1-c1ccc(F)cc1F)C(=O)Nc1ccc(Oc2ccccc2)cc1. The summed E-state index contributed by atoms with van der Waals surface area (Å²) in [5.74, 6) is -0.723. The van der Waals surface area contributed by atoms with Gasteiger partial charge in [-0.25, -0.2) is 13.8 Å². The van der Waals surface area contributed by atoms with Gasteiger partial charge in [-0.05, 0) is 67.6 Å². The second kappa shape index (κ2) is 10.9. The van der Waals surface area contributed by atoms with E-state index in [1.54, 1.807) is 55.5 Å². The molecule has 1 N–H and O–H groups in total. The van der Waals surface area contributed by atoms with Gasteiger partial charge in [-0.1, -0.05) is 42.1 Å². The minimum absolute atomic E-state index is 0.105. The van der Waals surface area contributed by atoms with Crippen LogP contribution in [-0.2, 0) is 4.79 Å². The first-order chi connectivity index (χ1) is 18.4. The number of carbonyl (C=O) groups is 1. The molecule has 0 aliphatic heterocycles. The number of benzene rings is 4. The van der Waals surface area contributed by atoms with Gasteiger partial charge in [0.15, 0.2) is 5.16 Å². The van der Waals surface area contributed by atoms with Gasteiger partial charge in [0, 0.05) is 11.8 Å². The molecule has 0 spiro atoms. The fraction of sp³-hybridized carbons (Fsp3) is 0.0690. The van der Waals surface area contributed by atoms with E-state index in [9.17, 15) is 18.4 Å². The number of anilines is 1. The van der Waals surface area contributed by atoms with E-state index in [4.69, 9.17) is 4.74 Å². The van der Waals surface area contributed by atoms with E-state index >= 15 is 0 Å². The van der Waals surface area contributed by atoms with Crippen molar-refractivity contribution in [3.63, 3.8) is 0 Å². The van der Waals surface area contributed by atoms with E-state index in [-0.39, 0.29) is 22.1 Å². The summed E-state index contributed by atoms with van der Waals surface area (Å²) in [4.78, 5) is 30.9. The molecular weight excluding hydrogens is 508 g/mol. The number of hydrogen-bond donors (Lipinski definition) is 1. The average Bonchev–Trinajstić information content (AvgIpc) is 2.91. The standard InChI is InChI=1S/C29H21F2N3O3S/c1-18(27(35)32-20-12-14-22(15-13-20)37-21-7-3-2-4-8-21)38-29-33-25-10-6-5-9-23(25)28(36)34(29)26-16-11-19(30)17-24(26)31/h2-18H,1H3,(H,32,35)/t18-/m1/s1. The van der Waals surface area contributed by atoms with Crippen molar-refractivity contribution in [1.29, 1.82) is 0 Å². The summed E-state index contributed by atoms with van der Waals surface area (Å²) in [6.45, 7) is 1.65. The number of amides is 1. The second-order valence-corrected chi connectivity index (χ2v) is 9.64. The molecule has 0 saturated carbocycles. The van der Waals surface area contributed by atoms with Crippen LogP contribution in [0, 0.1) is 11.6 Å². The molecule has 5 aromatic rings. The number of aromatic nitrogens is 2. The lowest BCUT2D eigenvalue weighted by molar-refractivity contribution is -0.115. The number of para-hydroxylation sites is 2. The van der Waals surface area contributed by atoms with Crippen molar-refractivity contribution in [1.82, 2.24) is 9.55 Å². The minimum atomic E-state index is -0.916. The number of fused-ring (bicyclic) bond motifs is 1. The number of carbonyl (C=O) groups excluding carboxylic acids is 1. The molecular formula is C29H21F2N3O3S. The first-order valence-corrected chi connectivity index (χ1v) is 12.5. The molecule has 0 unspecified atom stereocenters. The van der Waals surface area contributed by atoms with E-state index in [0.29, 0.717) is 28.8 Å². The first kappa shape index (κ1) is 25.2. The lowest BCUT2D eigenvalue weighted by Crippen LogP contribution is -2.26. The topological polar surface area (TPSA) is 73.2 Å². The molecule has 0 fully saturated rings. The fourth-order valence-electron chi connectivity index (χ4n) is 3.75. The summed E-state index contributed by atoms with van der Waals surface area (Å²) >= 11 is 0.994. The summed E-state index contributed by atoms with van der Waals surface area (Å²) in [5.41, 5.74) is 0.278. The number of rotatable bonds is 7. The van der Waals surface area contributed by atoms with Crippen LogP contribution < -0.4 is 15.6 Å². The molecule has 6 nitrogen and oxygen atoms in total. The van der Waals surface area contributed by atoms with Gasteiger partial charge in [0.1, 0.15) is 23.1 Å². The highest BCUT2D eigenvalue weighted by molar-refractivity contribution is 8.00. The largest absolute Gasteiger partial charge is 0.457 e. The van der Waals surface area contributed by atoms with Crippen LogP contribution in [0.2, 0.25) is 0 Å². The predicted molar refractivity (Wildman–Crippen MR) is 144 cm³/mol. The zero-order valence-corrected chi connectivity index (χ0v) is 20.9. The van der Waals surface area contributed by atoms with Crippen LogP contribution in [0.1, 0.15) is 6.92 Å². The van der Waals surface area contributed by atoms with Crippen molar-refractivity contribution in [2.75, 3.05) is 5.32 Å². The van der Waals surface area contributed by atoms with Gasteiger partial charge in [0.25, 0.3) is 5.56 Å². The highest BCUT2D eigenvalue weighted by Gasteiger charge is 2.22. The van der Waals surface area contributed by atoms with Crippen LogP contribution in [-0.4, -0.2) is 20.7 Å². The molecule has 0 bridgehead atoms. The molecule has 4 aromatic carbocycles. The van der Waals surface area contributed by atoms with Gasteiger partial charge in [0.05, 0.1) is 21.8 Å². The zero-order chi connectivity index (χ0) is 26.6. The van der Waals surface area contributed by atoms with Gasteiger partial charge < -0.3 is 10.1 Å². The second-order valence-electron chi connectivity index (χ2n) is 8.34. The number of nitrogens with zero attached hydrogens (tertiary/aromatic N) is 2. The molecule has 1 amide bonds. The Morgan fingerprint density at radius 3 is 2.34 bits per heavy atom. The number of hydrogen-bond acceptors (Lipinski definition) is 5. The minimum Gasteiger partial charge on any atom is -0.457 e. The Morgan fingerprint density at radius 1 is 0.921 bits per heavy atom. The molecule has 1 aromatic heterocycles. The number of halogens is 2. The molecule has 0 aliphatic rings. The van der Waals surface area contributed by atoms with Crippen LogP contribution in [0.5, 0.6) is 11.5 Å². The number of thioether (sulfide) groups is 1. The third-order valence-electron chi connectivity index (χ3n) is 5.65. The molecule has 1 atom stereocenters. The summed E-state index contributed by atoms with van der Waals surface area (Å²) in [6.07, 6.45) is 0. The van der Waals surface area contributed by atoms with Crippen molar-refractivity contribution in [2.24, 2.45) is 0 Å². The molecule has 190 valence electrons. The molecule has 0 radical (unpaired) electrons. The van der Waals surface area contributed by atoms with Gasteiger partial charge in [0.2, 0.25) is 5.91 Å². The van der Waals surface area contributed by atoms with Crippen molar-refractivity contribution in [2.45, 2.75) is 17.3 Å². The summed E-state index contributed by atoms with van der Waals surface area (Å²) in [5, 5.41) is 2.50. The molecule has 38 heavy (non-hydrogen) atoms. The van der Waals surface area contributed by atoms with Gasteiger partial charge in [-0.2, -0.15) is 0 Å². The highest BCUT2D eigenvalue weighted by atomic mass is 32.2. The van der Waals surface area contributed by atoms with Crippen molar-refractivity contribution < 1.29 is 18.3 Å². The lowest BCUT2D eigenvalue weighted by atomic mass is 10.2. The van der Waals surface area contributed by atoms with Crippen LogP contribution in [0.4, 0.5) is 14.5 Å². The highest BCUT2D eigenvalue weighted by Crippen LogP contribution is 2.28. The Balaban J connectivity index is 1.39. The Bertz CT molecular complexity index is 1680. The van der Waals surface area contributed by atoms with E-state index in [2.05, 4.69) is 10.3 Å². The maximum absolute atomic E-state index is 14.7. The molecule has 9 heteroatoms. The van der Waals surface area contributed by atoms with E-state index in [1.807, 2.05) is 30.3 Å². The Morgan fingerprint density at radius 2 is 1.61 bits per heavy atom.